The minimum absolute atomic E-state index is 0.0680. The molecule has 1 unspecified atom stereocenters. The quantitative estimate of drug-likeness (QED) is 0.247. The molecule has 1 aliphatic heterocycles. The molecule has 2 aromatic carbocycles. The molecule has 0 saturated carbocycles. The van der Waals surface area contributed by atoms with E-state index >= 15 is 0 Å². The highest BCUT2D eigenvalue weighted by atomic mass is 16.5. The van der Waals surface area contributed by atoms with Crippen molar-refractivity contribution >= 4 is 29.1 Å². The fraction of sp³-hybridized carbons (Fsp3) is 0.185. The number of esters is 1. The standard InChI is InChI=1S/C27H24N2O6/c1-16(2)35-27(33)19-5-4-6-20(15-19)29-23(17-11-13-28-14-12-17)22(25(31)26(29)32)24(30)18-7-9-21(34-3)10-8-18/h4-16,23,30H,1-3H3/b24-22+. The molecule has 1 amide bonds. The Labute approximate surface area is 202 Å². The van der Waals surface area contributed by atoms with E-state index in [4.69, 9.17) is 9.47 Å². The topological polar surface area (TPSA) is 106 Å². The number of ether oxygens (including phenoxy) is 2. The Balaban J connectivity index is 1.86. The predicted molar refractivity (Wildman–Crippen MR) is 129 cm³/mol. The van der Waals surface area contributed by atoms with Gasteiger partial charge in [-0.15, -0.1) is 0 Å². The average Bonchev–Trinajstić information content (AvgIpc) is 3.14. The second kappa shape index (κ2) is 9.80. The first kappa shape index (κ1) is 23.7. The van der Waals surface area contributed by atoms with Gasteiger partial charge in [0.25, 0.3) is 11.7 Å². The zero-order valence-corrected chi connectivity index (χ0v) is 19.5. The van der Waals surface area contributed by atoms with Crippen LogP contribution in [0.4, 0.5) is 5.69 Å². The summed E-state index contributed by atoms with van der Waals surface area (Å²) in [4.78, 5) is 44.3. The van der Waals surface area contributed by atoms with Crippen LogP contribution in [0.5, 0.6) is 5.75 Å². The number of aromatic nitrogens is 1. The summed E-state index contributed by atoms with van der Waals surface area (Å²) in [5.74, 6) is -1.94. The first-order valence-electron chi connectivity index (χ1n) is 11.0. The van der Waals surface area contributed by atoms with Gasteiger partial charge >= 0.3 is 5.97 Å². The molecule has 1 atom stereocenters. The molecule has 35 heavy (non-hydrogen) atoms. The molecule has 8 nitrogen and oxygen atoms in total. The van der Waals surface area contributed by atoms with Gasteiger partial charge in [0, 0.05) is 23.6 Å². The highest BCUT2D eigenvalue weighted by molar-refractivity contribution is 6.51. The lowest BCUT2D eigenvalue weighted by Gasteiger charge is -2.25. The number of anilines is 1. The van der Waals surface area contributed by atoms with E-state index in [2.05, 4.69) is 4.98 Å². The molecule has 8 heteroatoms. The fourth-order valence-corrected chi connectivity index (χ4v) is 3.93. The number of benzene rings is 2. The molecule has 1 aliphatic rings. The summed E-state index contributed by atoms with van der Waals surface area (Å²) in [5.41, 5.74) is 1.42. The van der Waals surface area contributed by atoms with Crippen LogP contribution in [0.2, 0.25) is 0 Å². The molecule has 0 spiro atoms. The number of carbonyl (C=O) groups excluding carboxylic acids is 3. The van der Waals surface area contributed by atoms with Gasteiger partial charge in [-0.05, 0) is 74.0 Å². The van der Waals surface area contributed by atoms with E-state index in [0.29, 0.717) is 22.6 Å². The largest absolute Gasteiger partial charge is 0.507 e. The van der Waals surface area contributed by atoms with E-state index in [1.807, 2.05) is 0 Å². The van der Waals surface area contributed by atoms with E-state index in [1.165, 1.54) is 18.1 Å². The van der Waals surface area contributed by atoms with Crippen LogP contribution < -0.4 is 9.64 Å². The number of hydrogen-bond donors (Lipinski definition) is 1. The molecule has 0 bridgehead atoms. The Kier molecular flexibility index (Phi) is 6.64. The summed E-state index contributed by atoms with van der Waals surface area (Å²) in [6.07, 6.45) is 2.76. The van der Waals surface area contributed by atoms with Crippen LogP contribution in [-0.2, 0) is 14.3 Å². The van der Waals surface area contributed by atoms with Crippen molar-refractivity contribution in [2.45, 2.75) is 26.0 Å². The average molecular weight is 472 g/mol. The summed E-state index contributed by atoms with van der Waals surface area (Å²) < 4.78 is 10.4. The maximum absolute atomic E-state index is 13.3. The van der Waals surface area contributed by atoms with Crippen molar-refractivity contribution in [2.75, 3.05) is 12.0 Å². The second-order valence-electron chi connectivity index (χ2n) is 8.18. The maximum Gasteiger partial charge on any atom is 0.338 e. The number of pyridine rings is 1. The molecular formula is C27H24N2O6. The lowest BCUT2D eigenvalue weighted by Crippen LogP contribution is -2.29. The summed E-state index contributed by atoms with van der Waals surface area (Å²) in [5, 5.41) is 11.2. The minimum Gasteiger partial charge on any atom is -0.507 e. The minimum atomic E-state index is -0.934. The Morgan fingerprint density at radius 3 is 2.31 bits per heavy atom. The number of aliphatic hydroxyl groups is 1. The molecule has 4 rings (SSSR count). The third-order valence-electron chi connectivity index (χ3n) is 5.53. The number of aliphatic hydroxyl groups excluding tert-OH is 1. The highest BCUT2D eigenvalue weighted by Crippen LogP contribution is 2.42. The van der Waals surface area contributed by atoms with E-state index in [9.17, 15) is 19.5 Å². The lowest BCUT2D eigenvalue weighted by molar-refractivity contribution is -0.132. The summed E-state index contributed by atoms with van der Waals surface area (Å²) in [6.45, 7) is 3.48. The van der Waals surface area contributed by atoms with Crippen LogP contribution >= 0.6 is 0 Å². The lowest BCUT2D eigenvalue weighted by atomic mass is 9.95. The van der Waals surface area contributed by atoms with Gasteiger partial charge in [-0.3, -0.25) is 19.5 Å². The zero-order chi connectivity index (χ0) is 25.1. The number of hydrogen-bond acceptors (Lipinski definition) is 7. The molecule has 1 aromatic heterocycles. The van der Waals surface area contributed by atoms with Crippen LogP contribution in [0, 0.1) is 0 Å². The maximum atomic E-state index is 13.3. The number of carbonyl (C=O) groups is 3. The van der Waals surface area contributed by atoms with Crippen molar-refractivity contribution in [3.8, 4) is 5.75 Å². The third kappa shape index (κ3) is 4.63. The third-order valence-corrected chi connectivity index (χ3v) is 5.53. The Hall–Kier alpha value is -4.46. The molecule has 1 saturated heterocycles. The van der Waals surface area contributed by atoms with Crippen molar-refractivity contribution in [3.63, 3.8) is 0 Å². The van der Waals surface area contributed by atoms with Gasteiger partial charge in [-0.2, -0.15) is 0 Å². The van der Waals surface area contributed by atoms with Crippen molar-refractivity contribution < 1.29 is 29.0 Å². The number of amides is 1. The molecule has 2 heterocycles. The van der Waals surface area contributed by atoms with E-state index in [1.54, 1.807) is 80.8 Å². The van der Waals surface area contributed by atoms with Gasteiger partial charge < -0.3 is 14.6 Å². The zero-order valence-electron chi connectivity index (χ0n) is 19.5. The number of methoxy groups -OCH3 is 1. The van der Waals surface area contributed by atoms with Crippen molar-refractivity contribution in [1.82, 2.24) is 4.98 Å². The van der Waals surface area contributed by atoms with Crippen molar-refractivity contribution in [1.29, 1.82) is 0 Å². The number of ketones is 1. The van der Waals surface area contributed by atoms with E-state index in [0.717, 1.165) is 0 Å². The molecule has 3 aromatic rings. The van der Waals surface area contributed by atoms with E-state index in [-0.39, 0.29) is 23.0 Å². The van der Waals surface area contributed by atoms with Crippen LogP contribution in [0.15, 0.2) is 78.6 Å². The van der Waals surface area contributed by atoms with Gasteiger partial charge in [0.15, 0.2) is 0 Å². The summed E-state index contributed by atoms with van der Waals surface area (Å²) in [6, 6.07) is 15.2. The molecule has 1 fully saturated rings. The smallest absolute Gasteiger partial charge is 0.338 e. The SMILES string of the molecule is COc1ccc(/C(O)=C2\C(=O)C(=O)N(c3cccc(C(=O)OC(C)C)c3)C2c2ccncc2)cc1. The van der Waals surface area contributed by atoms with E-state index < -0.39 is 23.7 Å². The summed E-state index contributed by atoms with van der Waals surface area (Å²) in [7, 11) is 1.52. The first-order chi connectivity index (χ1) is 16.8. The highest BCUT2D eigenvalue weighted by Gasteiger charge is 2.47. The Morgan fingerprint density at radius 2 is 1.69 bits per heavy atom. The van der Waals surface area contributed by atoms with Crippen LogP contribution in [0.25, 0.3) is 5.76 Å². The van der Waals surface area contributed by atoms with Gasteiger partial charge in [0.05, 0.1) is 30.4 Å². The number of nitrogens with zero attached hydrogens (tertiary/aromatic N) is 2. The van der Waals surface area contributed by atoms with Gasteiger partial charge in [-0.1, -0.05) is 6.07 Å². The summed E-state index contributed by atoms with van der Waals surface area (Å²) >= 11 is 0. The monoisotopic (exact) mass is 472 g/mol. The van der Waals surface area contributed by atoms with Crippen LogP contribution in [0.3, 0.4) is 0 Å². The van der Waals surface area contributed by atoms with Crippen molar-refractivity contribution in [3.05, 3.63) is 95.3 Å². The second-order valence-corrected chi connectivity index (χ2v) is 8.18. The number of rotatable bonds is 6. The number of Topliss-reactive ketones (excluding diaryl/α,β-unsaturated/α-hetero) is 1. The Morgan fingerprint density at radius 1 is 1.00 bits per heavy atom. The van der Waals surface area contributed by atoms with Crippen molar-refractivity contribution in [2.24, 2.45) is 0 Å². The molecule has 0 aliphatic carbocycles. The van der Waals surface area contributed by atoms with Crippen LogP contribution in [0.1, 0.15) is 41.4 Å². The predicted octanol–water partition coefficient (Wildman–Crippen LogP) is 4.28. The Bertz CT molecular complexity index is 1300. The van der Waals surface area contributed by atoms with Crippen LogP contribution in [-0.4, -0.2) is 41.0 Å². The normalized spacial score (nSPS) is 17.0. The van der Waals surface area contributed by atoms with Gasteiger partial charge in [0.1, 0.15) is 11.5 Å². The molecule has 178 valence electrons. The first-order valence-corrected chi connectivity index (χ1v) is 11.0. The molecule has 1 N–H and O–H groups in total. The van der Waals surface area contributed by atoms with Gasteiger partial charge in [-0.25, -0.2) is 4.79 Å². The fourth-order valence-electron chi connectivity index (χ4n) is 3.93. The molecule has 0 radical (unpaired) electrons. The molecular weight excluding hydrogens is 448 g/mol. The van der Waals surface area contributed by atoms with Gasteiger partial charge in [0.2, 0.25) is 0 Å².